The van der Waals surface area contributed by atoms with Gasteiger partial charge in [0.2, 0.25) is 10.0 Å². The van der Waals surface area contributed by atoms with Crippen LogP contribution in [0.2, 0.25) is 0 Å². The lowest BCUT2D eigenvalue weighted by molar-refractivity contribution is -0.142. The van der Waals surface area contributed by atoms with Crippen molar-refractivity contribution in [3.8, 4) is 0 Å². The molecule has 0 bridgehead atoms. The van der Waals surface area contributed by atoms with Crippen molar-refractivity contribution in [2.75, 3.05) is 23.7 Å². The number of hydrogen-bond acceptors (Lipinski definition) is 4. The van der Waals surface area contributed by atoms with Crippen molar-refractivity contribution in [1.82, 2.24) is 10.2 Å². The van der Waals surface area contributed by atoms with Crippen LogP contribution >= 0.6 is 0 Å². The Morgan fingerprint density at radius 1 is 1.11 bits per heavy atom. The molecule has 3 rings (SSSR count). The molecule has 1 saturated carbocycles. The minimum absolute atomic E-state index is 0.0439. The average molecular weight is 395 g/mol. The molecule has 1 fully saturated rings. The molecule has 2 amide bonds. The van der Waals surface area contributed by atoms with E-state index in [0.717, 1.165) is 5.56 Å². The molecule has 2 N–H and O–H groups in total. The molecule has 0 saturated heterocycles. The molecule has 148 valence electrons. The molecule has 2 aliphatic rings. The van der Waals surface area contributed by atoms with Crippen LogP contribution in [-0.2, 0) is 21.4 Å². The standard InChI is InChI=1S/C18H25N3O5S/c1-27(25,26)21-11-10-20(12-14-4-2-3-5-16(14)21)18(24)19-15-8-6-13(7-9-15)17(22)23/h2-5,13,15H,6-12H2,1H3,(H,19,24)(H,22,23). The number of nitrogens with zero attached hydrogens (tertiary/aromatic N) is 2. The van der Waals surface area contributed by atoms with Gasteiger partial charge in [0.1, 0.15) is 0 Å². The number of urea groups is 1. The van der Waals surface area contributed by atoms with E-state index in [4.69, 9.17) is 5.11 Å². The molecule has 1 aliphatic carbocycles. The molecular weight excluding hydrogens is 370 g/mol. The Balaban J connectivity index is 1.68. The number of carboxylic acid groups (broad SMARTS) is 1. The molecule has 1 heterocycles. The predicted octanol–water partition coefficient (Wildman–Crippen LogP) is 1.62. The van der Waals surface area contributed by atoms with Crippen molar-refractivity contribution in [2.45, 2.75) is 38.3 Å². The maximum absolute atomic E-state index is 12.7. The minimum Gasteiger partial charge on any atom is -0.481 e. The average Bonchev–Trinajstić information content (AvgIpc) is 2.81. The van der Waals surface area contributed by atoms with Gasteiger partial charge >= 0.3 is 12.0 Å². The number of carboxylic acids is 1. The van der Waals surface area contributed by atoms with Gasteiger partial charge in [-0.05, 0) is 37.3 Å². The van der Waals surface area contributed by atoms with E-state index < -0.39 is 16.0 Å². The number of carbonyl (C=O) groups excluding carboxylic acids is 1. The third-order valence-electron chi connectivity index (χ3n) is 5.29. The lowest BCUT2D eigenvalue weighted by atomic mass is 9.86. The Morgan fingerprint density at radius 3 is 2.41 bits per heavy atom. The van der Waals surface area contributed by atoms with E-state index in [1.165, 1.54) is 10.6 Å². The molecule has 0 radical (unpaired) electrons. The van der Waals surface area contributed by atoms with Crippen molar-refractivity contribution in [2.24, 2.45) is 5.92 Å². The number of carbonyl (C=O) groups is 2. The van der Waals surface area contributed by atoms with Crippen LogP contribution in [0.25, 0.3) is 0 Å². The smallest absolute Gasteiger partial charge is 0.317 e. The molecular formula is C18H25N3O5S. The van der Waals surface area contributed by atoms with Gasteiger partial charge in [0.15, 0.2) is 0 Å². The van der Waals surface area contributed by atoms with Crippen molar-refractivity contribution < 1.29 is 23.1 Å². The Hall–Kier alpha value is -2.29. The maximum Gasteiger partial charge on any atom is 0.317 e. The van der Waals surface area contributed by atoms with Crippen molar-refractivity contribution >= 4 is 27.7 Å². The summed E-state index contributed by atoms with van der Waals surface area (Å²) < 4.78 is 25.6. The summed E-state index contributed by atoms with van der Waals surface area (Å²) in [4.78, 5) is 25.4. The van der Waals surface area contributed by atoms with Gasteiger partial charge in [0.25, 0.3) is 0 Å². The quantitative estimate of drug-likeness (QED) is 0.809. The van der Waals surface area contributed by atoms with Crippen molar-refractivity contribution in [3.63, 3.8) is 0 Å². The van der Waals surface area contributed by atoms with Gasteiger partial charge < -0.3 is 15.3 Å². The Kier molecular flexibility index (Phi) is 5.59. The number of rotatable bonds is 3. The highest BCUT2D eigenvalue weighted by Gasteiger charge is 2.30. The summed E-state index contributed by atoms with van der Waals surface area (Å²) in [7, 11) is -3.43. The molecule has 0 spiro atoms. The number of fused-ring (bicyclic) bond motifs is 1. The lowest BCUT2D eigenvalue weighted by Crippen LogP contribution is -2.47. The number of hydrogen-bond donors (Lipinski definition) is 2. The molecule has 0 unspecified atom stereocenters. The summed E-state index contributed by atoms with van der Waals surface area (Å²) in [5.41, 5.74) is 1.39. The van der Waals surface area contributed by atoms with Crippen LogP contribution in [0, 0.1) is 5.92 Å². The van der Waals surface area contributed by atoms with E-state index in [9.17, 15) is 18.0 Å². The Bertz CT molecular complexity index is 818. The van der Waals surface area contributed by atoms with E-state index in [1.807, 2.05) is 12.1 Å². The Morgan fingerprint density at radius 2 is 1.78 bits per heavy atom. The van der Waals surface area contributed by atoms with E-state index in [1.54, 1.807) is 17.0 Å². The first kappa shape index (κ1) is 19.5. The molecule has 9 heteroatoms. The van der Waals surface area contributed by atoms with Crippen LogP contribution in [0.5, 0.6) is 0 Å². The molecule has 0 atom stereocenters. The number of nitrogens with one attached hydrogen (secondary N) is 1. The largest absolute Gasteiger partial charge is 0.481 e. The number of amides is 2. The highest BCUT2D eigenvalue weighted by atomic mass is 32.2. The molecule has 8 nitrogen and oxygen atoms in total. The van der Waals surface area contributed by atoms with Crippen molar-refractivity contribution in [1.29, 1.82) is 0 Å². The summed E-state index contributed by atoms with van der Waals surface area (Å²) in [6.45, 7) is 0.825. The van der Waals surface area contributed by atoms with Gasteiger partial charge in [-0.1, -0.05) is 18.2 Å². The number of anilines is 1. The molecule has 1 aliphatic heterocycles. The van der Waals surface area contributed by atoms with E-state index in [-0.39, 0.29) is 31.1 Å². The number of benzene rings is 1. The summed E-state index contributed by atoms with van der Waals surface area (Å²) in [5.74, 6) is -1.10. The third kappa shape index (κ3) is 4.52. The zero-order chi connectivity index (χ0) is 19.6. The number of sulfonamides is 1. The maximum atomic E-state index is 12.7. The normalized spacial score (nSPS) is 23.3. The molecule has 1 aromatic rings. The highest BCUT2D eigenvalue weighted by molar-refractivity contribution is 7.92. The van der Waals surface area contributed by atoms with Crippen LogP contribution < -0.4 is 9.62 Å². The van der Waals surface area contributed by atoms with E-state index in [2.05, 4.69) is 5.32 Å². The Labute approximate surface area is 159 Å². The van der Waals surface area contributed by atoms with Crippen LogP contribution in [-0.4, -0.2) is 55.8 Å². The van der Waals surface area contributed by atoms with Gasteiger partial charge in [-0.25, -0.2) is 13.2 Å². The first-order valence-electron chi connectivity index (χ1n) is 9.09. The first-order chi connectivity index (χ1) is 12.8. The fourth-order valence-electron chi connectivity index (χ4n) is 3.77. The topological polar surface area (TPSA) is 107 Å². The predicted molar refractivity (Wildman–Crippen MR) is 101 cm³/mol. The van der Waals surface area contributed by atoms with Crippen molar-refractivity contribution in [3.05, 3.63) is 29.8 Å². The summed E-state index contributed by atoms with van der Waals surface area (Å²) in [5, 5.41) is 12.1. The molecule has 27 heavy (non-hydrogen) atoms. The monoisotopic (exact) mass is 395 g/mol. The zero-order valence-corrected chi connectivity index (χ0v) is 16.1. The van der Waals surface area contributed by atoms with Gasteiger partial charge in [-0.15, -0.1) is 0 Å². The second kappa shape index (κ2) is 7.75. The molecule has 1 aromatic carbocycles. The third-order valence-corrected chi connectivity index (χ3v) is 6.47. The van der Waals surface area contributed by atoms with Gasteiger partial charge in [-0.3, -0.25) is 9.10 Å². The summed E-state index contributed by atoms with van der Waals surface area (Å²) in [6, 6.07) is 6.92. The molecule has 0 aromatic heterocycles. The van der Waals surface area contributed by atoms with Gasteiger partial charge in [0.05, 0.1) is 24.4 Å². The fourth-order valence-corrected chi connectivity index (χ4v) is 4.72. The minimum atomic E-state index is -3.43. The van der Waals surface area contributed by atoms with Gasteiger partial charge in [0, 0.05) is 19.1 Å². The lowest BCUT2D eigenvalue weighted by Gasteiger charge is -2.29. The number of para-hydroxylation sites is 1. The fraction of sp³-hybridized carbons (Fsp3) is 0.556. The SMILES string of the molecule is CS(=O)(=O)N1CCN(C(=O)NC2CCC(C(=O)O)CC2)Cc2ccccc21. The van der Waals surface area contributed by atoms with Gasteiger partial charge in [-0.2, -0.15) is 0 Å². The first-order valence-corrected chi connectivity index (χ1v) is 10.9. The zero-order valence-electron chi connectivity index (χ0n) is 15.3. The van der Waals surface area contributed by atoms with Crippen LogP contribution in [0.1, 0.15) is 31.2 Å². The number of aliphatic carboxylic acids is 1. The second-order valence-corrected chi connectivity index (χ2v) is 9.13. The summed E-state index contributed by atoms with van der Waals surface area (Å²) in [6.07, 6.45) is 3.57. The van der Waals surface area contributed by atoms with Crippen LogP contribution in [0.4, 0.5) is 10.5 Å². The van der Waals surface area contributed by atoms with E-state index >= 15 is 0 Å². The van der Waals surface area contributed by atoms with Crippen LogP contribution in [0.3, 0.4) is 0 Å². The second-order valence-electron chi connectivity index (χ2n) is 7.22. The van der Waals surface area contributed by atoms with Crippen LogP contribution in [0.15, 0.2) is 24.3 Å². The van der Waals surface area contributed by atoms with E-state index in [0.29, 0.717) is 37.9 Å². The highest BCUT2D eigenvalue weighted by Crippen LogP contribution is 2.28. The summed E-state index contributed by atoms with van der Waals surface area (Å²) >= 11 is 0.